The largest absolute Gasteiger partial charge is 0.508 e. The monoisotopic (exact) mass is 684 g/mol. The van der Waals surface area contributed by atoms with Crippen LogP contribution in [0.2, 0.25) is 0 Å². The summed E-state index contributed by atoms with van der Waals surface area (Å²) in [5, 5.41) is 50.1. The lowest BCUT2D eigenvalue weighted by atomic mass is 9.94. The molecule has 0 aliphatic carbocycles. The Morgan fingerprint density at radius 1 is 0.481 bits per heavy atom. The van der Waals surface area contributed by atoms with E-state index in [-0.39, 0.29) is 35.1 Å². The van der Waals surface area contributed by atoms with Gasteiger partial charge in [-0.15, -0.1) is 0 Å². The van der Waals surface area contributed by atoms with Crippen molar-refractivity contribution in [1.82, 2.24) is 10.6 Å². The van der Waals surface area contributed by atoms with Gasteiger partial charge in [-0.05, 0) is 121 Å². The fourth-order valence-electron chi connectivity index (χ4n) is 8.11. The smallest absolute Gasteiger partial charge is 0.116 e. The number of hydrogen-bond acceptors (Lipinski definition) is 8. The lowest BCUT2D eigenvalue weighted by Gasteiger charge is -2.22. The Labute approximate surface area is 301 Å². The third kappa shape index (κ3) is 5.73. The second kappa shape index (κ2) is 12.7. The standard InChI is InChI=1S/C44H36N4O4/c49-29-9-1-5-25(21-29)41-33-13-15-35(45-33)42(26-6-2-10-30(50)22-26)37-17-19-39(47-37)44(28-8-4-12-32(52)24-28)40-20-18-38(48-40)43(36-16-14-34(41)46-36)27-7-3-11-31(51)23-27/h1-13,15,18,20-24,34,36,46-47,49-52H,14,16-17,19H2. The quantitative estimate of drug-likeness (QED) is 0.129. The van der Waals surface area contributed by atoms with Crippen LogP contribution in [0, 0.1) is 0 Å². The van der Waals surface area contributed by atoms with Crippen LogP contribution >= 0.6 is 0 Å². The minimum absolute atomic E-state index is 0.111. The fraction of sp³-hybridized carbons (Fsp3) is 0.136. The van der Waals surface area contributed by atoms with Crippen LogP contribution in [0.15, 0.2) is 154 Å². The molecule has 2 unspecified atom stereocenters. The number of nitrogens with one attached hydrogen (secondary N) is 2. The number of hydrogen-bond donors (Lipinski definition) is 6. The van der Waals surface area contributed by atoms with E-state index in [1.54, 1.807) is 48.5 Å². The molecular formula is C44H36N4O4. The van der Waals surface area contributed by atoms with Gasteiger partial charge in [0.2, 0.25) is 0 Å². The number of benzene rings is 4. The predicted molar refractivity (Wildman–Crippen MR) is 206 cm³/mol. The molecule has 8 heteroatoms. The summed E-state index contributed by atoms with van der Waals surface area (Å²) in [6.45, 7) is 0. The van der Waals surface area contributed by atoms with Crippen LogP contribution in [0.5, 0.6) is 23.0 Å². The van der Waals surface area contributed by atoms with Crippen molar-refractivity contribution in [2.24, 2.45) is 9.98 Å². The molecular weight excluding hydrogens is 649 g/mol. The molecule has 4 aromatic carbocycles. The van der Waals surface area contributed by atoms with E-state index in [9.17, 15) is 20.4 Å². The van der Waals surface area contributed by atoms with E-state index >= 15 is 0 Å². The molecule has 5 aliphatic rings. The van der Waals surface area contributed by atoms with E-state index in [2.05, 4.69) is 10.6 Å². The van der Waals surface area contributed by atoms with E-state index in [0.717, 1.165) is 91.6 Å². The summed E-state index contributed by atoms with van der Waals surface area (Å²) in [7, 11) is 0. The third-order valence-corrected chi connectivity index (χ3v) is 10.3. The second-order valence-electron chi connectivity index (χ2n) is 13.6. The summed E-state index contributed by atoms with van der Waals surface area (Å²) in [4.78, 5) is 10.6. The van der Waals surface area contributed by atoms with Crippen LogP contribution in [0.1, 0.15) is 47.9 Å². The Morgan fingerprint density at radius 3 is 1.27 bits per heavy atom. The van der Waals surface area contributed by atoms with Gasteiger partial charge in [0.15, 0.2) is 0 Å². The molecule has 0 radical (unpaired) electrons. The molecule has 8 nitrogen and oxygen atoms in total. The van der Waals surface area contributed by atoms with Crippen molar-refractivity contribution in [1.29, 1.82) is 0 Å². The third-order valence-electron chi connectivity index (χ3n) is 10.3. The first-order valence-electron chi connectivity index (χ1n) is 17.6. The first kappa shape index (κ1) is 31.6. The maximum atomic E-state index is 10.6. The Balaban J connectivity index is 1.33. The van der Waals surface area contributed by atoms with Gasteiger partial charge < -0.3 is 31.1 Å². The Hall–Kier alpha value is -6.38. The molecule has 0 saturated carbocycles. The molecule has 0 spiro atoms. The summed E-state index contributed by atoms with van der Waals surface area (Å²) in [5.74, 6) is 0.690. The number of aromatic hydroxyl groups is 4. The van der Waals surface area contributed by atoms with Crippen molar-refractivity contribution in [3.05, 3.63) is 166 Å². The highest BCUT2D eigenvalue weighted by atomic mass is 16.3. The number of aliphatic imine (C=N–C) groups is 2. The highest BCUT2D eigenvalue weighted by Crippen LogP contribution is 2.42. The zero-order valence-corrected chi connectivity index (χ0v) is 28.2. The summed E-state index contributed by atoms with van der Waals surface area (Å²) in [6.07, 6.45) is 11.1. The first-order valence-corrected chi connectivity index (χ1v) is 17.6. The molecule has 8 bridgehead atoms. The molecule has 5 heterocycles. The van der Waals surface area contributed by atoms with Crippen molar-refractivity contribution in [2.45, 2.75) is 37.8 Å². The molecule has 9 rings (SSSR count). The van der Waals surface area contributed by atoms with Crippen LogP contribution in [0.4, 0.5) is 0 Å². The average molecular weight is 685 g/mol. The van der Waals surface area contributed by atoms with Crippen molar-refractivity contribution in [3.63, 3.8) is 0 Å². The average Bonchev–Trinajstić information content (AvgIpc) is 3.96. The molecule has 2 saturated heterocycles. The van der Waals surface area contributed by atoms with Crippen molar-refractivity contribution in [2.75, 3.05) is 0 Å². The molecule has 0 amide bonds. The number of phenolic OH excluding ortho intramolecular Hbond substituents is 4. The van der Waals surface area contributed by atoms with Gasteiger partial charge >= 0.3 is 0 Å². The minimum Gasteiger partial charge on any atom is -0.508 e. The highest BCUT2D eigenvalue weighted by molar-refractivity contribution is 6.33. The van der Waals surface area contributed by atoms with Gasteiger partial charge in [0.1, 0.15) is 23.0 Å². The molecule has 2 fully saturated rings. The lowest BCUT2D eigenvalue weighted by molar-refractivity contribution is 0.474. The van der Waals surface area contributed by atoms with Gasteiger partial charge in [-0.2, -0.15) is 0 Å². The van der Waals surface area contributed by atoms with E-state index in [1.807, 2.05) is 72.8 Å². The normalized spacial score (nSPS) is 20.9. The highest BCUT2D eigenvalue weighted by Gasteiger charge is 2.35. The summed E-state index contributed by atoms with van der Waals surface area (Å²) in [6, 6.07) is 28.9. The first-order chi connectivity index (χ1) is 25.4. The second-order valence-corrected chi connectivity index (χ2v) is 13.6. The van der Waals surface area contributed by atoms with Crippen LogP contribution in [0.3, 0.4) is 0 Å². The maximum Gasteiger partial charge on any atom is 0.116 e. The number of phenols is 4. The Morgan fingerprint density at radius 2 is 0.865 bits per heavy atom. The van der Waals surface area contributed by atoms with Crippen LogP contribution in [-0.2, 0) is 0 Å². The van der Waals surface area contributed by atoms with E-state index in [4.69, 9.17) is 9.98 Å². The van der Waals surface area contributed by atoms with Gasteiger partial charge in [-0.3, -0.25) is 0 Å². The van der Waals surface area contributed by atoms with Crippen LogP contribution < -0.4 is 10.6 Å². The summed E-state index contributed by atoms with van der Waals surface area (Å²) < 4.78 is 0. The van der Waals surface area contributed by atoms with Gasteiger partial charge in [-0.25, -0.2) is 9.98 Å². The Kier molecular flexibility index (Phi) is 7.74. The number of fused-ring (bicyclic) bond motifs is 6. The zero-order chi connectivity index (χ0) is 35.3. The lowest BCUT2D eigenvalue weighted by Crippen LogP contribution is -2.32. The predicted octanol–water partition coefficient (Wildman–Crippen LogP) is 7.99. The zero-order valence-electron chi connectivity index (χ0n) is 28.2. The molecule has 256 valence electrons. The maximum absolute atomic E-state index is 10.6. The van der Waals surface area contributed by atoms with Crippen LogP contribution in [-0.4, -0.2) is 43.9 Å². The minimum atomic E-state index is -0.111. The fourth-order valence-corrected chi connectivity index (χ4v) is 8.11. The van der Waals surface area contributed by atoms with E-state index < -0.39 is 0 Å². The van der Waals surface area contributed by atoms with Gasteiger partial charge in [0.05, 0.1) is 22.8 Å². The van der Waals surface area contributed by atoms with Crippen LogP contribution in [0.25, 0.3) is 22.3 Å². The molecule has 2 atom stereocenters. The van der Waals surface area contributed by atoms with Gasteiger partial charge in [-0.1, -0.05) is 48.5 Å². The Bertz CT molecular complexity index is 2260. The number of allylic oxidation sites excluding steroid dienone is 8. The summed E-state index contributed by atoms with van der Waals surface area (Å²) >= 11 is 0. The number of rotatable bonds is 4. The van der Waals surface area contributed by atoms with Crippen molar-refractivity contribution < 1.29 is 20.4 Å². The topological polar surface area (TPSA) is 130 Å². The number of nitrogens with zero attached hydrogens (tertiary/aromatic N) is 2. The molecule has 4 aromatic rings. The summed E-state index contributed by atoms with van der Waals surface area (Å²) in [5.41, 5.74) is 12.2. The molecule has 52 heavy (non-hydrogen) atoms. The molecule has 5 aliphatic heterocycles. The van der Waals surface area contributed by atoms with E-state index in [1.165, 1.54) is 0 Å². The molecule has 6 N–H and O–H groups in total. The molecule has 0 aromatic heterocycles. The van der Waals surface area contributed by atoms with Crippen molar-refractivity contribution in [3.8, 4) is 23.0 Å². The van der Waals surface area contributed by atoms with Gasteiger partial charge in [0, 0.05) is 45.8 Å². The van der Waals surface area contributed by atoms with Gasteiger partial charge in [0.25, 0.3) is 0 Å². The van der Waals surface area contributed by atoms with E-state index in [0.29, 0.717) is 12.8 Å². The SMILES string of the molecule is Oc1cccc(C2=C3CCC(=C(c4cccc(O)c4)C4=NC(=C(c5cccc(O)c5)C5CCC(N5)C(c5cccc(O)c5)=C5C=CC2=N5)C=C4)N3)c1. The van der Waals surface area contributed by atoms with Crippen molar-refractivity contribution >= 4 is 33.7 Å².